The highest BCUT2D eigenvalue weighted by Crippen LogP contribution is 2.47. The summed E-state index contributed by atoms with van der Waals surface area (Å²) in [6, 6.07) is 3.72. The second-order valence-electron chi connectivity index (χ2n) is 5.37. The summed E-state index contributed by atoms with van der Waals surface area (Å²) in [4.78, 5) is 12.2. The third-order valence-electron chi connectivity index (χ3n) is 4.35. The summed E-state index contributed by atoms with van der Waals surface area (Å²) in [6.07, 6.45) is 5.10. The number of fused-ring (bicyclic) bond motifs is 2. The fraction of sp³-hybridized carbons (Fsp3) is 0.615. The fourth-order valence-electron chi connectivity index (χ4n) is 3.45. The SMILES string of the molecule is NC1C2CCC(C2)C1C(=O)NCc1cccnn1. The molecule has 2 aliphatic rings. The molecular weight excluding hydrogens is 228 g/mol. The van der Waals surface area contributed by atoms with Crippen molar-refractivity contribution in [2.75, 3.05) is 0 Å². The fourth-order valence-corrected chi connectivity index (χ4v) is 3.45. The molecule has 1 aromatic rings. The number of hydrogen-bond donors (Lipinski definition) is 2. The molecule has 1 amide bonds. The molecule has 0 radical (unpaired) electrons. The first kappa shape index (κ1) is 11.6. The van der Waals surface area contributed by atoms with E-state index in [2.05, 4.69) is 15.5 Å². The first-order valence-corrected chi connectivity index (χ1v) is 6.55. The Morgan fingerprint density at radius 3 is 2.94 bits per heavy atom. The molecule has 5 heteroatoms. The minimum absolute atomic E-state index is 0.000390. The second-order valence-corrected chi connectivity index (χ2v) is 5.37. The van der Waals surface area contributed by atoms with Crippen molar-refractivity contribution in [3.05, 3.63) is 24.0 Å². The van der Waals surface area contributed by atoms with E-state index in [-0.39, 0.29) is 17.9 Å². The maximum Gasteiger partial charge on any atom is 0.225 e. The Morgan fingerprint density at radius 2 is 2.28 bits per heavy atom. The van der Waals surface area contributed by atoms with Gasteiger partial charge < -0.3 is 11.1 Å². The summed E-state index contributed by atoms with van der Waals surface area (Å²) >= 11 is 0. The standard InChI is InChI=1S/C13H18N4O/c14-12-9-4-3-8(6-9)11(12)13(18)15-7-10-2-1-5-16-17-10/h1-2,5,8-9,11-12H,3-4,6-7,14H2,(H,15,18). The number of nitrogens with two attached hydrogens (primary N) is 1. The second kappa shape index (κ2) is 4.65. The first-order valence-electron chi connectivity index (χ1n) is 6.55. The van der Waals surface area contributed by atoms with Gasteiger partial charge in [0.05, 0.1) is 18.2 Å². The molecule has 2 fully saturated rings. The Morgan fingerprint density at radius 1 is 1.44 bits per heavy atom. The van der Waals surface area contributed by atoms with Gasteiger partial charge in [0.2, 0.25) is 5.91 Å². The third kappa shape index (κ3) is 1.99. The van der Waals surface area contributed by atoms with Gasteiger partial charge in [0.1, 0.15) is 0 Å². The van der Waals surface area contributed by atoms with Gasteiger partial charge in [-0.05, 0) is 43.2 Å². The van der Waals surface area contributed by atoms with Crippen LogP contribution in [0, 0.1) is 17.8 Å². The smallest absolute Gasteiger partial charge is 0.225 e. The van der Waals surface area contributed by atoms with Crippen LogP contribution in [0.25, 0.3) is 0 Å². The van der Waals surface area contributed by atoms with Gasteiger partial charge in [-0.3, -0.25) is 4.79 Å². The highest BCUT2D eigenvalue weighted by Gasteiger charge is 2.48. The van der Waals surface area contributed by atoms with Crippen molar-refractivity contribution in [3.63, 3.8) is 0 Å². The van der Waals surface area contributed by atoms with E-state index >= 15 is 0 Å². The predicted molar refractivity (Wildman–Crippen MR) is 66.2 cm³/mol. The van der Waals surface area contributed by atoms with Crippen LogP contribution in [0.5, 0.6) is 0 Å². The van der Waals surface area contributed by atoms with Crippen molar-refractivity contribution >= 4 is 5.91 Å². The minimum Gasteiger partial charge on any atom is -0.350 e. The number of hydrogen-bond acceptors (Lipinski definition) is 4. The zero-order valence-corrected chi connectivity index (χ0v) is 10.2. The van der Waals surface area contributed by atoms with E-state index < -0.39 is 0 Å². The summed E-state index contributed by atoms with van der Waals surface area (Å²) in [5, 5.41) is 10.7. The maximum absolute atomic E-state index is 12.2. The number of carbonyl (C=O) groups is 1. The van der Waals surface area contributed by atoms with Crippen LogP contribution < -0.4 is 11.1 Å². The van der Waals surface area contributed by atoms with Gasteiger partial charge in [0.15, 0.2) is 0 Å². The van der Waals surface area contributed by atoms with Gasteiger partial charge >= 0.3 is 0 Å². The first-order chi connectivity index (χ1) is 8.75. The molecule has 2 aliphatic carbocycles. The summed E-state index contributed by atoms with van der Waals surface area (Å²) in [6.45, 7) is 0.438. The molecule has 2 bridgehead atoms. The van der Waals surface area contributed by atoms with Gasteiger partial charge in [-0.1, -0.05) is 0 Å². The van der Waals surface area contributed by atoms with Gasteiger partial charge in [-0.2, -0.15) is 10.2 Å². The lowest BCUT2D eigenvalue weighted by Crippen LogP contribution is -2.45. The summed E-state index contributed by atoms with van der Waals surface area (Å²) in [7, 11) is 0. The molecule has 4 atom stereocenters. The molecule has 1 aromatic heterocycles. The minimum atomic E-state index is 0.000390. The van der Waals surface area contributed by atoms with Crippen molar-refractivity contribution in [3.8, 4) is 0 Å². The lowest BCUT2D eigenvalue weighted by Gasteiger charge is -2.26. The Hall–Kier alpha value is -1.49. The van der Waals surface area contributed by atoms with Gasteiger partial charge in [0.25, 0.3) is 0 Å². The normalized spacial score (nSPS) is 33.6. The van der Waals surface area contributed by atoms with E-state index in [9.17, 15) is 4.79 Å². The van der Waals surface area contributed by atoms with Crippen LogP contribution in [0.4, 0.5) is 0 Å². The molecule has 0 saturated heterocycles. The number of nitrogens with zero attached hydrogens (tertiary/aromatic N) is 2. The Bertz CT molecular complexity index is 434. The number of rotatable bonds is 3. The molecule has 96 valence electrons. The molecule has 4 unspecified atom stereocenters. The Kier molecular flexibility index (Phi) is 2.99. The van der Waals surface area contributed by atoms with E-state index in [1.165, 1.54) is 6.42 Å². The van der Waals surface area contributed by atoms with Crippen molar-refractivity contribution < 1.29 is 4.79 Å². The zero-order valence-electron chi connectivity index (χ0n) is 10.2. The summed E-state index contributed by atoms with van der Waals surface area (Å²) in [5.41, 5.74) is 6.93. The van der Waals surface area contributed by atoms with E-state index in [1.54, 1.807) is 6.20 Å². The van der Waals surface area contributed by atoms with Gasteiger partial charge in [-0.15, -0.1) is 0 Å². The largest absolute Gasteiger partial charge is 0.350 e. The van der Waals surface area contributed by atoms with Crippen molar-refractivity contribution in [2.45, 2.75) is 31.8 Å². The van der Waals surface area contributed by atoms with Crippen LogP contribution in [-0.2, 0) is 11.3 Å². The van der Waals surface area contributed by atoms with E-state index in [4.69, 9.17) is 5.73 Å². The molecular formula is C13H18N4O. The predicted octanol–water partition coefficient (Wildman–Crippen LogP) is 0.466. The molecule has 18 heavy (non-hydrogen) atoms. The molecule has 1 heterocycles. The van der Waals surface area contributed by atoms with Gasteiger partial charge in [-0.25, -0.2) is 0 Å². The third-order valence-corrected chi connectivity index (χ3v) is 4.35. The highest BCUT2D eigenvalue weighted by atomic mass is 16.1. The summed E-state index contributed by atoms with van der Waals surface area (Å²) < 4.78 is 0. The quantitative estimate of drug-likeness (QED) is 0.812. The van der Waals surface area contributed by atoms with Crippen molar-refractivity contribution in [1.29, 1.82) is 0 Å². The van der Waals surface area contributed by atoms with E-state index in [1.807, 2.05) is 12.1 Å². The molecule has 2 saturated carbocycles. The molecule has 0 aliphatic heterocycles. The van der Waals surface area contributed by atoms with E-state index in [0.717, 1.165) is 18.5 Å². The van der Waals surface area contributed by atoms with Crippen LogP contribution in [0.15, 0.2) is 18.3 Å². The van der Waals surface area contributed by atoms with Gasteiger partial charge in [0, 0.05) is 12.2 Å². The highest BCUT2D eigenvalue weighted by molar-refractivity contribution is 5.80. The number of aromatic nitrogens is 2. The van der Waals surface area contributed by atoms with Crippen molar-refractivity contribution in [2.24, 2.45) is 23.5 Å². The molecule has 0 spiro atoms. The van der Waals surface area contributed by atoms with Crippen LogP contribution in [0.2, 0.25) is 0 Å². The van der Waals surface area contributed by atoms with Crippen LogP contribution in [0.1, 0.15) is 25.0 Å². The lowest BCUT2D eigenvalue weighted by atomic mass is 9.84. The molecule has 3 N–H and O–H groups in total. The van der Waals surface area contributed by atoms with Crippen LogP contribution in [0.3, 0.4) is 0 Å². The number of amides is 1. The Labute approximate surface area is 106 Å². The lowest BCUT2D eigenvalue weighted by molar-refractivity contribution is -0.127. The monoisotopic (exact) mass is 246 g/mol. The topological polar surface area (TPSA) is 80.9 Å². The summed E-state index contributed by atoms with van der Waals surface area (Å²) in [5.74, 6) is 1.13. The molecule has 5 nitrogen and oxygen atoms in total. The van der Waals surface area contributed by atoms with Crippen molar-refractivity contribution in [1.82, 2.24) is 15.5 Å². The number of carbonyl (C=O) groups excluding carboxylic acids is 1. The number of nitrogens with one attached hydrogen (secondary N) is 1. The average molecular weight is 246 g/mol. The molecule has 3 rings (SSSR count). The Balaban J connectivity index is 1.59. The zero-order chi connectivity index (χ0) is 12.5. The van der Waals surface area contributed by atoms with E-state index in [0.29, 0.717) is 18.4 Å². The average Bonchev–Trinajstić information content (AvgIpc) is 2.98. The van der Waals surface area contributed by atoms with Crippen LogP contribution in [-0.4, -0.2) is 22.1 Å². The molecule has 0 aromatic carbocycles. The van der Waals surface area contributed by atoms with Crippen LogP contribution >= 0.6 is 0 Å². The maximum atomic E-state index is 12.2.